The van der Waals surface area contributed by atoms with Crippen LogP contribution >= 0.6 is 0 Å². The fraction of sp³-hybridized carbons (Fsp3) is 0.350. The molecule has 0 N–H and O–H groups in total. The summed E-state index contributed by atoms with van der Waals surface area (Å²) in [4.78, 5) is 6.73. The van der Waals surface area contributed by atoms with E-state index in [9.17, 15) is 8.78 Å². The SMILES string of the molecule is CC(C)[N-]C([N-]C(C)C)n1cnnn1.[C-]#[N+]c1c(F)c[c-]c(-c2ccccn2)c1F.[Ir+3]. The van der Waals surface area contributed by atoms with Gasteiger partial charge in [-0.15, -0.1) is 41.2 Å². The van der Waals surface area contributed by atoms with Crippen LogP contribution in [0.15, 0.2) is 36.8 Å². The molecule has 164 valence electrons. The summed E-state index contributed by atoms with van der Waals surface area (Å²) in [6, 6.07) is 8.74. The minimum Gasteiger partial charge on any atom is -0.657 e. The monoisotopic (exact) mass is 604 g/mol. The molecule has 3 aromatic rings. The molecular weight excluding hydrogens is 582 g/mol. The third-order valence-electron chi connectivity index (χ3n) is 3.49. The zero-order chi connectivity index (χ0) is 22.1. The Balaban J connectivity index is 0.000000303. The van der Waals surface area contributed by atoms with Crippen molar-refractivity contribution in [3.8, 4) is 11.3 Å². The quantitative estimate of drug-likeness (QED) is 0.368. The third-order valence-corrected chi connectivity index (χ3v) is 3.49. The average molecular weight is 604 g/mol. The van der Waals surface area contributed by atoms with E-state index in [0.717, 1.165) is 6.07 Å². The number of pyridine rings is 1. The summed E-state index contributed by atoms with van der Waals surface area (Å²) in [5.74, 6) is -1.83. The number of aromatic nitrogens is 5. The standard InChI is InChI=1S/C12H5F2N2.C8H16N6.Ir/c1-15-12-9(13)6-5-8(11(12)14)10-4-2-3-7-16-10;1-6(2)10-8(11-7(3)4)14-5-9-12-13-14;/h2-4,6-7H;5-8H,1-4H3;/q-1;-2;+3. The average Bonchev–Trinajstić information content (AvgIpc) is 3.23. The number of benzene rings is 1. The number of nitrogens with zero attached hydrogens (tertiary/aromatic N) is 8. The first kappa shape index (κ1) is 26.4. The van der Waals surface area contributed by atoms with Crippen molar-refractivity contribution in [3.63, 3.8) is 0 Å². The summed E-state index contributed by atoms with van der Waals surface area (Å²) >= 11 is 0. The van der Waals surface area contributed by atoms with Gasteiger partial charge < -0.3 is 15.6 Å². The van der Waals surface area contributed by atoms with Crippen molar-refractivity contribution in [2.75, 3.05) is 0 Å². The van der Waals surface area contributed by atoms with Gasteiger partial charge in [-0.25, -0.2) is 0 Å². The van der Waals surface area contributed by atoms with Gasteiger partial charge in [0.1, 0.15) is 6.33 Å². The molecule has 8 nitrogen and oxygen atoms in total. The van der Waals surface area contributed by atoms with Gasteiger partial charge in [0.2, 0.25) is 0 Å². The summed E-state index contributed by atoms with van der Waals surface area (Å²) in [6.45, 7) is 14.7. The Morgan fingerprint density at radius 2 is 1.81 bits per heavy atom. The maximum absolute atomic E-state index is 13.7. The van der Waals surface area contributed by atoms with Crippen molar-refractivity contribution in [1.82, 2.24) is 25.2 Å². The van der Waals surface area contributed by atoms with Crippen LogP contribution in [0, 0.1) is 24.3 Å². The Morgan fingerprint density at radius 1 is 1.13 bits per heavy atom. The summed E-state index contributed by atoms with van der Waals surface area (Å²) < 4.78 is 28.3. The van der Waals surface area contributed by atoms with Crippen LogP contribution in [0.4, 0.5) is 14.5 Å². The van der Waals surface area contributed by atoms with Crippen molar-refractivity contribution >= 4 is 5.69 Å². The van der Waals surface area contributed by atoms with Gasteiger partial charge in [-0.05, 0) is 22.2 Å². The molecule has 2 heterocycles. The number of rotatable bonds is 6. The molecule has 0 atom stereocenters. The predicted octanol–water partition coefficient (Wildman–Crippen LogP) is 5.07. The van der Waals surface area contributed by atoms with E-state index in [1.165, 1.54) is 12.5 Å². The normalized spacial score (nSPS) is 10.5. The molecule has 0 saturated heterocycles. The largest absolute Gasteiger partial charge is 3.00 e. The van der Waals surface area contributed by atoms with E-state index in [2.05, 4.69) is 42.1 Å². The first-order valence-electron chi connectivity index (χ1n) is 9.14. The van der Waals surface area contributed by atoms with Gasteiger partial charge in [0.05, 0.1) is 6.57 Å². The second-order valence-corrected chi connectivity index (χ2v) is 6.62. The van der Waals surface area contributed by atoms with E-state index in [-0.39, 0.29) is 44.0 Å². The molecule has 0 spiro atoms. The molecule has 0 saturated carbocycles. The van der Waals surface area contributed by atoms with Crippen molar-refractivity contribution in [2.24, 2.45) is 0 Å². The molecule has 0 bridgehead atoms. The van der Waals surface area contributed by atoms with E-state index < -0.39 is 17.3 Å². The first-order valence-corrected chi connectivity index (χ1v) is 9.14. The van der Waals surface area contributed by atoms with Crippen LogP contribution in [0.5, 0.6) is 0 Å². The van der Waals surface area contributed by atoms with Gasteiger partial charge in [-0.2, -0.15) is 0 Å². The third kappa shape index (κ3) is 7.84. The van der Waals surface area contributed by atoms with E-state index in [0.29, 0.717) is 5.69 Å². The van der Waals surface area contributed by atoms with Crippen molar-refractivity contribution in [1.29, 1.82) is 0 Å². The molecule has 2 aromatic heterocycles. The van der Waals surface area contributed by atoms with Crippen LogP contribution in [0.1, 0.15) is 34.0 Å². The van der Waals surface area contributed by atoms with E-state index in [1.807, 2.05) is 27.7 Å². The van der Waals surface area contributed by atoms with Gasteiger partial charge in [-0.1, -0.05) is 39.8 Å². The zero-order valence-corrected chi connectivity index (χ0v) is 19.8. The number of hydrogen-bond donors (Lipinski definition) is 0. The van der Waals surface area contributed by atoms with Crippen LogP contribution in [0.3, 0.4) is 0 Å². The molecule has 0 unspecified atom stereocenters. The second kappa shape index (κ2) is 12.9. The zero-order valence-electron chi connectivity index (χ0n) is 17.4. The summed E-state index contributed by atoms with van der Waals surface area (Å²) in [6.07, 6.45) is 2.72. The Hall–Kier alpha value is -2.64. The molecule has 0 amide bonds. The molecule has 3 rings (SSSR count). The summed E-state index contributed by atoms with van der Waals surface area (Å²) in [7, 11) is 0. The minimum absolute atomic E-state index is 0. The van der Waals surface area contributed by atoms with Gasteiger partial charge in [0, 0.05) is 17.8 Å². The summed E-state index contributed by atoms with van der Waals surface area (Å²) in [5.41, 5.74) is -0.294. The van der Waals surface area contributed by atoms with E-state index >= 15 is 0 Å². The van der Waals surface area contributed by atoms with Gasteiger partial charge in [-0.3, -0.25) is 18.3 Å². The van der Waals surface area contributed by atoms with Gasteiger partial charge in [0.25, 0.3) is 0 Å². The fourth-order valence-electron chi connectivity index (χ4n) is 2.27. The van der Waals surface area contributed by atoms with Crippen LogP contribution < -0.4 is 0 Å². The Labute approximate surface area is 193 Å². The molecule has 0 radical (unpaired) electrons. The van der Waals surface area contributed by atoms with E-state index in [1.54, 1.807) is 22.9 Å². The summed E-state index contributed by atoms with van der Waals surface area (Å²) in [5, 5.41) is 19.8. The Morgan fingerprint density at radius 3 is 2.29 bits per heavy atom. The van der Waals surface area contributed by atoms with Crippen LogP contribution in [-0.2, 0) is 20.1 Å². The molecule has 0 aliphatic carbocycles. The molecule has 11 heteroatoms. The first-order chi connectivity index (χ1) is 14.3. The molecule has 1 aromatic carbocycles. The number of halogens is 2. The molecule has 0 aliphatic rings. The van der Waals surface area contributed by atoms with Crippen LogP contribution in [-0.4, -0.2) is 37.3 Å². The minimum atomic E-state index is -0.922. The van der Waals surface area contributed by atoms with Gasteiger partial charge in [0.15, 0.2) is 5.69 Å². The maximum Gasteiger partial charge on any atom is 3.00 e. The topological polar surface area (TPSA) is 89.1 Å². The van der Waals surface area contributed by atoms with Crippen molar-refractivity contribution in [2.45, 2.75) is 46.1 Å². The Bertz CT molecular complexity index is 949. The Kier molecular flexibility index (Phi) is 11.0. The molecule has 0 aliphatic heterocycles. The number of hydrogen-bond acceptors (Lipinski definition) is 4. The smallest absolute Gasteiger partial charge is 0.657 e. The van der Waals surface area contributed by atoms with Crippen molar-refractivity contribution in [3.05, 3.63) is 76.5 Å². The molecule has 0 fully saturated rings. The van der Waals surface area contributed by atoms with Crippen LogP contribution in [0.2, 0.25) is 0 Å². The molecule has 31 heavy (non-hydrogen) atoms. The van der Waals surface area contributed by atoms with Gasteiger partial charge >= 0.3 is 20.1 Å². The maximum atomic E-state index is 13.7. The van der Waals surface area contributed by atoms with E-state index in [4.69, 9.17) is 6.57 Å². The molecular formula is C20H21F2IrN8. The number of tetrazole rings is 1. The van der Waals surface area contributed by atoms with Crippen LogP contribution in [0.25, 0.3) is 26.7 Å². The van der Waals surface area contributed by atoms with Crippen molar-refractivity contribution < 1.29 is 28.9 Å². The second-order valence-electron chi connectivity index (χ2n) is 6.62. The fourth-order valence-corrected chi connectivity index (χ4v) is 2.27. The predicted molar refractivity (Wildman–Crippen MR) is 109 cm³/mol.